The van der Waals surface area contributed by atoms with Gasteiger partial charge in [0.15, 0.2) is 0 Å². The van der Waals surface area contributed by atoms with Crippen LogP contribution in [-0.4, -0.2) is 25.2 Å². The van der Waals surface area contributed by atoms with Gasteiger partial charge in [-0.15, -0.1) is 0 Å². The molecule has 0 radical (unpaired) electrons. The van der Waals surface area contributed by atoms with Crippen LogP contribution >= 0.6 is 0 Å². The van der Waals surface area contributed by atoms with Crippen molar-refractivity contribution in [3.05, 3.63) is 35.4 Å². The van der Waals surface area contributed by atoms with Crippen LogP contribution in [-0.2, 0) is 22.1 Å². The van der Waals surface area contributed by atoms with Gasteiger partial charge >= 0.3 is 6.18 Å². The number of hydrogen-bond donors (Lipinski definition) is 1. The van der Waals surface area contributed by atoms with E-state index in [9.17, 15) is 18.0 Å². The van der Waals surface area contributed by atoms with Crippen LogP contribution in [0.4, 0.5) is 13.2 Å². The van der Waals surface area contributed by atoms with E-state index in [0.717, 1.165) is 6.07 Å². The Morgan fingerprint density at radius 1 is 1.30 bits per heavy atom. The number of rotatable bonds is 5. The summed E-state index contributed by atoms with van der Waals surface area (Å²) in [5, 5.41) is 2.63. The SMILES string of the molecule is CO[C@@H](C)C(=O)N[C@H](C)Cc1ccccc1C(F)(F)F. The van der Waals surface area contributed by atoms with Crippen molar-refractivity contribution < 1.29 is 22.7 Å². The summed E-state index contributed by atoms with van der Waals surface area (Å²) in [7, 11) is 1.40. The van der Waals surface area contributed by atoms with Crippen molar-refractivity contribution >= 4 is 5.91 Å². The molecule has 2 atom stereocenters. The zero-order valence-electron chi connectivity index (χ0n) is 11.6. The van der Waals surface area contributed by atoms with Gasteiger partial charge in [-0.25, -0.2) is 0 Å². The summed E-state index contributed by atoms with van der Waals surface area (Å²) in [4.78, 5) is 11.6. The maximum absolute atomic E-state index is 12.8. The number of carbonyl (C=O) groups is 1. The van der Waals surface area contributed by atoms with Crippen LogP contribution in [0.3, 0.4) is 0 Å². The first kappa shape index (κ1) is 16.5. The Morgan fingerprint density at radius 3 is 2.45 bits per heavy atom. The van der Waals surface area contributed by atoms with Crippen molar-refractivity contribution in [3.8, 4) is 0 Å². The largest absolute Gasteiger partial charge is 0.416 e. The number of hydrogen-bond acceptors (Lipinski definition) is 2. The van der Waals surface area contributed by atoms with Gasteiger partial charge in [-0.1, -0.05) is 18.2 Å². The zero-order chi connectivity index (χ0) is 15.3. The number of methoxy groups -OCH3 is 1. The Kier molecular flexibility index (Phi) is 5.56. The molecule has 0 bridgehead atoms. The van der Waals surface area contributed by atoms with Crippen LogP contribution in [0.25, 0.3) is 0 Å². The Morgan fingerprint density at radius 2 is 1.90 bits per heavy atom. The number of halogens is 3. The molecule has 0 aliphatic rings. The molecule has 1 N–H and O–H groups in total. The number of ether oxygens (including phenoxy) is 1. The lowest BCUT2D eigenvalue weighted by Gasteiger charge is -2.19. The van der Waals surface area contributed by atoms with E-state index >= 15 is 0 Å². The Hall–Kier alpha value is -1.56. The first-order valence-corrected chi connectivity index (χ1v) is 6.24. The Bertz CT molecular complexity index is 460. The van der Waals surface area contributed by atoms with Gasteiger partial charge < -0.3 is 10.1 Å². The first-order chi connectivity index (χ1) is 9.25. The zero-order valence-corrected chi connectivity index (χ0v) is 11.6. The molecular weight excluding hydrogens is 271 g/mol. The van der Waals surface area contributed by atoms with Crippen molar-refractivity contribution in [1.82, 2.24) is 5.32 Å². The molecule has 1 amide bonds. The minimum absolute atomic E-state index is 0.109. The van der Waals surface area contributed by atoms with E-state index in [1.807, 2.05) is 0 Å². The molecule has 1 aromatic rings. The van der Waals surface area contributed by atoms with Gasteiger partial charge in [0.1, 0.15) is 6.10 Å². The van der Waals surface area contributed by atoms with Crippen LogP contribution in [0.5, 0.6) is 0 Å². The fourth-order valence-electron chi connectivity index (χ4n) is 1.82. The Labute approximate surface area is 116 Å². The van der Waals surface area contributed by atoms with Gasteiger partial charge in [0.25, 0.3) is 0 Å². The number of alkyl halides is 3. The summed E-state index contributed by atoms with van der Waals surface area (Å²) in [6.07, 6.45) is -4.91. The molecule has 20 heavy (non-hydrogen) atoms. The van der Waals surface area contributed by atoms with Gasteiger partial charge in [-0.05, 0) is 31.9 Å². The third-order valence-electron chi connectivity index (χ3n) is 2.96. The second-order valence-corrected chi connectivity index (χ2v) is 4.65. The first-order valence-electron chi connectivity index (χ1n) is 6.24. The van der Waals surface area contributed by atoms with Crippen LogP contribution in [0, 0.1) is 0 Å². The molecule has 3 nitrogen and oxygen atoms in total. The fourth-order valence-corrected chi connectivity index (χ4v) is 1.82. The lowest BCUT2D eigenvalue weighted by molar-refractivity contribution is -0.138. The summed E-state index contributed by atoms with van der Waals surface area (Å²) in [6, 6.07) is 4.95. The minimum Gasteiger partial charge on any atom is -0.372 e. The summed E-state index contributed by atoms with van der Waals surface area (Å²) >= 11 is 0. The maximum atomic E-state index is 12.8. The van der Waals surface area contributed by atoms with Crippen molar-refractivity contribution in [2.75, 3.05) is 7.11 Å². The highest BCUT2D eigenvalue weighted by Gasteiger charge is 2.33. The molecule has 0 heterocycles. The van der Waals surface area contributed by atoms with E-state index in [-0.39, 0.29) is 17.9 Å². The number of nitrogens with one attached hydrogen (secondary N) is 1. The molecule has 0 spiro atoms. The average Bonchev–Trinajstić information content (AvgIpc) is 2.36. The lowest BCUT2D eigenvalue weighted by atomic mass is 10.0. The highest BCUT2D eigenvalue weighted by Crippen LogP contribution is 2.32. The molecule has 112 valence electrons. The van der Waals surface area contributed by atoms with Crippen LogP contribution in [0.1, 0.15) is 25.0 Å². The molecule has 1 rings (SSSR count). The molecule has 0 saturated heterocycles. The molecule has 0 aliphatic heterocycles. The van der Waals surface area contributed by atoms with Crippen molar-refractivity contribution in [2.45, 2.75) is 38.6 Å². The lowest BCUT2D eigenvalue weighted by Crippen LogP contribution is -2.40. The molecule has 0 aromatic heterocycles. The van der Waals surface area contributed by atoms with E-state index in [1.165, 1.54) is 19.2 Å². The Balaban J connectivity index is 2.76. The van der Waals surface area contributed by atoms with Crippen LogP contribution in [0.2, 0.25) is 0 Å². The van der Waals surface area contributed by atoms with Gasteiger partial charge in [-0.2, -0.15) is 13.2 Å². The quantitative estimate of drug-likeness (QED) is 0.905. The van der Waals surface area contributed by atoms with Gasteiger partial charge in [-0.3, -0.25) is 4.79 Å². The van der Waals surface area contributed by atoms with Gasteiger partial charge in [0, 0.05) is 13.2 Å². The predicted octanol–water partition coefficient (Wildman–Crippen LogP) is 2.79. The second-order valence-electron chi connectivity index (χ2n) is 4.65. The average molecular weight is 289 g/mol. The highest BCUT2D eigenvalue weighted by molar-refractivity contribution is 5.80. The second kappa shape index (κ2) is 6.74. The number of benzene rings is 1. The summed E-state index contributed by atoms with van der Waals surface area (Å²) in [5.74, 6) is -0.343. The molecule has 6 heteroatoms. The molecule has 0 aliphatic carbocycles. The molecule has 0 saturated carbocycles. The normalized spacial score (nSPS) is 14.7. The molecule has 0 unspecified atom stereocenters. The summed E-state index contributed by atoms with van der Waals surface area (Å²) < 4.78 is 43.4. The van der Waals surface area contributed by atoms with Crippen molar-refractivity contribution in [1.29, 1.82) is 0 Å². The van der Waals surface area contributed by atoms with E-state index < -0.39 is 23.9 Å². The maximum Gasteiger partial charge on any atom is 0.416 e. The molecule has 0 fully saturated rings. The number of carbonyl (C=O) groups excluding carboxylic acids is 1. The van der Waals surface area contributed by atoms with Gasteiger partial charge in [0.05, 0.1) is 5.56 Å². The fraction of sp³-hybridized carbons (Fsp3) is 0.500. The van der Waals surface area contributed by atoms with E-state index in [0.29, 0.717) is 0 Å². The summed E-state index contributed by atoms with van der Waals surface area (Å²) in [5.41, 5.74) is -0.501. The van der Waals surface area contributed by atoms with Crippen molar-refractivity contribution in [2.24, 2.45) is 0 Å². The molecule has 1 aromatic carbocycles. The van der Waals surface area contributed by atoms with Crippen LogP contribution in [0.15, 0.2) is 24.3 Å². The monoisotopic (exact) mass is 289 g/mol. The molecular formula is C14H18F3NO2. The standard InChI is InChI=1S/C14H18F3NO2/c1-9(18-13(19)10(2)20-3)8-11-6-4-5-7-12(11)14(15,16)17/h4-7,9-10H,8H2,1-3H3,(H,18,19)/t9-,10+/m1/s1. The predicted molar refractivity (Wildman–Crippen MR) is 69.2 cm³/mol. The van der Waals surface area contributed by atoms with E-state index in [1.54, 1.807) is 19.9 Å². The van der Waals surface area contributed by atoms with E-state index in [4.69, 9.17) is 4.74 Å². The smallest absolute Gasteiger partial charge is 0.372 e. The van der Waals surface area contributed by atoms with Crippen LogP contribution < -0.4 is 5.32 Å². The summed E-state index contributed by atoms with van der Waals surface area (Å²) in [6.45, 7) is 3.24. The highest BCUT2D eigenvalue weighted by atomic mass is 19.4. The van der Waals surface area contributed by atoms with E-state index in [2.05, 4.69) is 5.32 Å². The topological polar surface area (TPSA) is 38.3 Å². The van der Waals surface area contributed by atoms with Gasteiger partial charge in [0.2, 0.25) is 5.91 Å². The van der Waals surface area contributed by atoms with Crippen molar-refractivity contribution in [3.63, 3.8) is 0 Å². The minimum atomic E-state index is -4.39. The number of amides is 1. The third-order valence-corrected chi connectivity index (χ3v) is 2.96. The third kappa shape index (κ3) is 4.52.